The van der Waals surface area contributed by atoms with Gasteiger partial charge in [-0.2, -0.15) is 0 Å². The number of benzene rings is 2. The van der Waals surface area contributed by atoms with Crippen LogP contribution in [0.3, 0.4) is 0 Å². The quantitative estimate of drug-likeness (QED) is 0.874. The van der Waals surface area contributed by atoms with E-state index in [0.717, 1.165) is 0 Å². The number of hydrogen-bond donors (Lipinski definition) is 1. The Bertz CT molecular complexity index is 671. The zero-order valence-electron chi connectivity index (χ0n) is 11.7. The Morgan fingerprint density at radius 3 is 2.27 bits per heavy atom. The predicted molar refractivity (Wildman–Crippen MR) is 81.4 cm³/mol. The van der Waals surface area contributed by atoms with Crippen molar-refractivity contribution in [3.8, 4) is 0 Å². The highest BCUT2D eigenvalue weighted by atomic mass is 35.5. The van der Waals surface area contributed by atoms with Crippen molar-refractivity contribution in [1.82, 2.24) is 0 Å². The molecule has 0 spiro atoms. The molecule has 0 aliphatic rings. The molecule has 0 saturated heterocycles. The maximum Gasteiger partial charge on any atom is 0.338 e. The Kier molecular flexibility index (Phi) is 5.12. The van der Waals surface area contributed by atoms with E-state index in [1.165, 1.54) is 43.3 Å². The molecule has 0 aliphatic heterocycles. The van der Waals surface area contributed by atoms with Crippen LogP contribution in [0, 0.1) is 5.82 Å². The van der Waals surface area contributed by atoms with E-state index < -0.39 is 23.8 Å². The van der Waals surface area contributed by atoms with Crippen molar-refractivity contribution < 1.29 is 18.7 Å². The molecule has 0 aliphatic carbocycles. The highest BCUT2D eigenvalue weighted by Gasteiger charge is 2.19. The van der Waals surface area contributed by atoms with Crippen LogP contribution in [0.5, 0.6) is 0 Å². The Hall–Kier alpha value is -2.40. The first-order chi connectivity index (χ1) is 10.5. The number of hydrogen-bond acceptors (Lipinski definition) is 3. The molecule has 0 saturated carbocycles. The monoisotopic (exact) mass is 321 g/mol. The molecule has 22 heavy (non-hydrogen) atoms. The first-order valence-corrected chi connectivity index (χ1v) is 6.86. The molecule has 2 aromatic rings. The van der Waals surface area contributed by atoms with Gasteiger partial charge in [-0.15, -0.1) is 0 Å². The number of rotatable bonds is 4. The second-order valence-corrected chi connectivity index (χ2v) is 4.99. The summed E-state index contributed by atoms with van der Waals surface area (Å²) >= 11 is 5.73. The Morgan fingerprint density at radius 1 is 1.09 bits per heavy atom. The van der Waals surface area contributed by atoms with Gasteiger partial charge >= 0.3 is 5.97 Å². The van der Waals surface area contributed by atoms with E-state index in [9.17, 15) is 14.0 Å². The zero-order chi connectivity index (χ0) is 16.1. The molecular formula is C16H13ClFNO3. The minimum atomic E-state index is -0.992. The van der Waals surface area contributed by atoms with Gasteiger partial charge in [0.05, 0.1) is 5.56 Å². The van der Waals surface area contributed by atoms with Gasteiger partial charge in [0.2, 0.25) is 0 Å². The molecule has 0 heterocycles. The standard InChI is InChI=1S/C16H13ClFNO3/c1-10(15(20)19-14-8-6-13(18)7-9-14)22-16(21)11-2-4-12(17)5-3-11/h2-10H,1H3,(H,19,20)/t10-/m0/s1. The number of anilines is 1. The second-order valence-electron chi connectivity index (χ2n) is 4.55. The largest absolute Gasteiger partial charge is 0.449 e. The molecule has 1 amide bonds. The molecule has 1 atom stereocenters. The topological polar surface area (TPSA) is 55.4 Å². The van der Waals surface area contributed by atoms with Crippen LogP contribution >= 0.6 is 11.6 Å². The first kappa shape index (κ1) is 16.0. The summed E-state index contributed by atoms with van der Waals surface area (Å²) in [6, 6.07) is 11.4. The fourth-order valence-corrected chi connectivity index (χ4v) is 1.77. The minimum Gasteiger partial charge on any atom is -0.449 e. The molecule has 0 fully saturated rings. The van der Waals surface area contributed by atoms with Crippen LogP contribution in [0.15, 0.2) is 48.5 Å². The number of halogens is 2. The van der Waals surface area contributed by atoms with E-state index >= 15 is 0 Å². The number of esters is 1. The summed E-state index contributed by atoms with van der Waals surface area (Å²) in [7, 11) is 0. The third kappa shape index (κ3) is 4.30. The van der Waals surface area contributed by atoms with Gasteiger partial charge in [-0.05, 0) is 55.5 Å². The number of amides is 1. The molecule has 2 rings (SSSR count). The maximum atomic E-state index is 12.8. The first-order valence-electron chi connectivity index (χ1n) is 6.48. The third-order valence-corrected chi connectivity index (χ3v) is 3.10. The highest BCUT2D eigenvalue weighted by Crippen LogP contribution is 2.12. The van der Waals surface area contributed by atoms with Crippen LogP contribution in [0.4, 0.5) is 10.1 Å². The summed E-state index contributed by atoms with van der Waals surface area (Å²) in [5, 5.41) is 3.03. The van der Waals surface area contributed by atoms with E-state index in [2.05, 4.69) is 5.32 Å². The molecule has 2 aromatic carbocycles. The van der Waals surface area contributed by atoms with Crippen molar-refractivity contribution >= 4 is 29.2 Å². The summed E-state index contributed by atoms with van der Waals surface area (Å²) in [4.78, 5) is 23.8. The fraction of sp³-hybridized carbons (Fsp3) is 0.125. The van der Waals surface area contributed by atoms with E-state index in [-0.39, 0.29) is 0 Å². The van der Waals surface area contributed by atoms with Crippen molar-refractivity contribution in [2.45, 2.75) is 13.0 Å². The van der Waals surface area contributed by atoms with Crippen molar-refractivity contribution in [3.63, 3.8) is 0 Å². The second kappa shape index (κ2) is 7.04. The summed E-state index contributed by atoms with van der Waals surface area (Å²) in [6.45, 7) is 1.45. The molecule has 0 unspecified atom stereocenters. The summed E-state index contributed by atoms with van der Waals surface area (Å²) < 4.78 is 17.8. The van der Waals surface area contributed by atoms with E-state index in [1.54, 1.807) is 12.1 Å². The van der Waals surface area contributed by atoms with Gasteiger partial charge in [-0.3, -0.25) is 4.79 Å². The van der Waals surface area contributed by atoms with Crippen LogP contribution in [0.2, 0.25) is 5.02 Å². The van der Waals surface area contributed by atoms with Crippen molar-refractivity contribution in [2.75, 3.05) is 5.32 Å². The van der Waals surface area contributed by atoms with Crippen LogP contribution in [0.25, 0.3) is 0 Å². The van der Waals surface area contributed by atoms with Gasteiger partial charge in [-0.1, -0.05) is 11.6 Å². The van der Waals surface area contributed by atoms with E-state index in [0.29, 0.717) is 16.3 Å². The van der Waals surface area contributed by atoms with Gasteiger partial charge in [0, 0.05) is 10.7 Å². The number of carbonyl (C=O) groups is 2. The van der Waals surface area contributed by atoms with Crippen LogP contribution in [-0.2, 0) is 9.53 Å². The van der Waals surface area contributed by atoms with Crippen LogP contribution in [0.1, 0.15) is 17.3 Å². The lowest BCUT2D eigenvalue weighted by molar-refractivity contribution is -0.123. The van der Waals surface area contributed by atoms with Gasteiger partial charge in [-0.25, -0.2) is 9.18 Å². The predicted octanol–water partition coefficient (Wildman–Crippen LogP) is 3.66. The molecule has 0 aromatic heterocycles. The van der Waals surface area contributed by atoms with Crippen molar-refractivity contribution in [2.24, 2.45) is 0 Å². The van der Waals surface area contributed by atoms with Crippen molar-refractivity contribution in [3.05, 3.63) is 64.9 Å². The average Bonchev–Trinajstić information content (AvgIpc) is 2.50. The summed E-state index contributed by atoms with van der Waals surface area (Å²) in [6.07, 6.45) is -0.992. The van der Waals surface area contributed by atoms with E-state index in [4.69, 9.17) is 16.3 Å². The molecule has 4 nitrogen and oxygen atoms in total. The van der Waals surface area contributed by atoms with Gasteiger partial charge in [0.1, 0.15) is 5.82 Å². The highest BCUT2D eigenvalue weighted by molar-refractivity contribution is 6.30. The normalized spacial score (nSPS) is 11.6. The Labute approximate surface area is 131 Å². The van der Waals surface area contributed by atoms with Crippen LogP contribution < -0.4 is 5.32 Å². The minimum absolute atomic E-state index is 0.297. The van der Waals surface area contributed by atoms with Gasteiger partial charge < -0.3 is 10.1 Å². The Morgan fingerprint density at radius 2 is 1.68 bits per heavy atom. The lowest BCUT2D eigenvalue weighted by Gasteiger charge is -2.13. The molecule has 0 radical (unpaired) electrons. The number of ether oxygens (including phenoxy) is 1. The lowest BCUT2D eigenvalue weighted by atomic mass is 10.2. The smallest absolute Gasteiger partial charge is 0.338 e. The van der Waals surface area contributed by atoms with Gasteiger partial charge in [0.15, 0.2) is 6.10 Å². The average molecular weight is 322 g/mol. The summed E-state index contributed by atoms with van der Waals surface area (Å²) in [5.74, 6) is -1.53. The molecule has 114 valence electrons. The summed E-state index contributed by atoms with van der Waals surface area (Å²) in [5.41, 5.74) is 0.714. The lowest BCUT2D eigenvalue weighted by Crippen LogP contribution is -2.30. The molecular weight excluding hydrogens is 309 g/mol. The molecule has 1 N–H and O–H groups in total. The van der Waals surface area contributed by atoms with Crippen LogP contribution in [-0.4, -0.2) is 18.0 Å². The number of nitrogens with one attached hydrogen (secondary N) is 1. The zero-order valence-corrected chi connectivity index (χ0v) is 12.4. The SMILES string of the molecule is C[C@H](OC(=O)c1ccc(Cl)cc1)C(=O)Nc1ccc(F)cc1. The maximum absolute atomic E-state index is 12.8. The van der Waals surface area contributed by atoms with Crippen molar-refractivity contribution in [1.29, 1.82) is 0 Å². The fourth-order valence-electron chi connectivity index (χ4n) is 1.65. The Balaban J connectivity index is 1.94. The third-order valence-electron chi connectivity index (χ3n) is 2.84. The van der Waals surface area contributed by atoms with E-state index in [1.807, 2.05) is 0 Å². The number of carbonyl (C=O) groups excluding carboxylic acids is 2. The molecule has 0 bridgehead atoms. The molecule has 6 heteroatoms. The van der Waals surface area contributed by atoms with Gasteiger partial charge in [0.25, 0.3) is 5.91 Å².